The van der Waals surface area contributed by atoms with Gasteiger partial charge in [0, 0.05) is 12.6 Å². The number of nitrogens with zero attached hydrogens (tertiary/aromatic N) is 1. The zero-order valence-corrected chi connectivity index (χ0v) is 10.7. The molecule has 0 radical (unpaired) electrons. The molecule has 0 aromatic rings. The Bertz CT molecular complexity index is 338. The van der Waals surface area contributed by atoms with Crippen molar-refractivity contribution in [2.45, 2.75) is 38.6 Å². The monoisotopic (exact) mass is 246 g/mol. The Morgan fingerprint density at radius 2 is 2.00 bits per heavy atom. The summed E-state index contributed by atoms with van der Waals surface area (Å²) in [6, 6.07) is 0.137. The van der Waals surface area contributed by atoms with Crippen LogP contribution in [0.25, 0.3) is 0 Å². The Labute approximate surface area is 98.2 Å². The molecular weight excluding hydrogens is 224 g/mol. The van der Waals surface area contributed by atoms with Crippen molar-refractivity contribution in [3.63, 3.8) is 0 Å². The van der Waals surface area contributed by atoms with Crippen molar-refractivity contribution in [1.82, 2.24) is 4.31 Å². The molecule has 0 bridgehead atoms. The van der Waals surface area contributed by atoms with E-state index in [1.807, 2.05) is 6.92 Å². The van der Waals surface area contributed by atoms with E-state index >= 15 is 0 Å². The van der Waals surface area contributed by atoms with Gasteiger partial charge in [0.1, 0.15) is 0 Å². The van der Waals surface area contributed by atoms with E-state index in [9.17, 15) is 8.42 Å². The summed E-state index contributed by atoms with van der Waals surface area (Å²) >= 11 is 0. The summed E-state index contributed by atoms with van der Waals surface area (Å²) < 4.78 is 25.9. The van der Waals surface area contributed by atoms with Crippen LogP contribution in [0.15, 0.2) is 0 Å². The van der Waals surface area contributed by atoms with Gasteiger partial charge in [-0.15, -0.1) is 0 Å². The highest BCUT2D eigenvalue weighted by Gasteiger charge is 2.36. The zero-order valence-electron chi connectivity index (χ0n) is 9.93. The Hall–Kier alpha value is -0.130. The maximum Gasteiger partial charge on any atom is 0.214 e. The van der Waals surface area contributed by atoms with Crippen LogP contribution in [-0.2, 0) is 10.0 Å². The van der Waals surface area contributed by atoms with Crippen LogP contribution < -0.4 is 5.73 Å². The van der Waals surface area contributed by atoms with Gasteiger partial charge in [0.2, 0.25) is 10.0 Å². The maximum absolute atomic E-state index is 12.1. The highest BCUT2D eigenvalue weighted by Crippen LogP contribution is 2.34. The van der Waals surface area contributed by atoms with Gasteiger partial charge < -0.3 is 5.73 Å². The second kappa shape index (κ2) is 4.63. The lowest BCUT2D eigenvalue weighted by Crippen LogP contribution is -2.36. The van der Waals surface area contributed by atoms with Gasteiger partial charge >= 0.3 is 0 Å². The van der Waals surface area contributed by atoms with E-state index in [1.54, 1.807) is 4.31 Å². The van der Waals surface area contributed by atoms with Gasteiger partial charge in [0.15, 0.2) is 0 Å². The highest BCUT2D eigenvalue weighted by molar-refractivity contribution is 7.89. The molecule has 5 heteroatoms. The molecule has 4 nitrogen and oxygen atoms in total. The number of hydrogen-bond acceptors (Lipinski definition) is 3. The third-order valence-electron chi connectivity index (χ3n) is 3.78. The number of sulfonamides is 1. The molecule has 2 aliphatic rings. The average molecular weight is 246 g/mol. The summed E-state index contributed by atoms with van der Waals surface area (Å²) in [6.45, 7) is 3.22. The first-order chi connectivity index (χ1) is 7.53. The number of rotatable bonds is 5. The quantitative estimate of drug-likeness (QED) is 0.780. The fourth-order valence-electron chi connectivity index (χ4n) is 2.51. The number of nitrogens with two attached hydrogens (primary N) is 1. The second-order valence-corrected chi connectivity index (χ2v) is 7.35. The predicted octanol–water partition coefficient (Wildman–Crippen LogP) is 0.785. The third-order valence-corrected chi connectivity index (χ3v) is 5.75. The molecule has 94 valence electrons. The molecule has 0 spiro atoms. The van der Waals surface area contributed by atoms with Crippen LogP contribution in [0.4, 0.5) is 0 Å². The van der Waals surface area contributed by atoms with Gasteiger partial charge in [0.05, 0.1) is 5.75 Å². The van der Waals surface area contributed by atoms with E-state index in [-0.39, 0.29) is 6.04 Å². The van der Waals surface area contributed by atoms with E-state index < -0.39 is 10.0 Å². The first-order valence-corrected chi connectivity index (χ1v) is 7.83. The molecule has 2 N–H and O–H groups in total. The van der Waals surface area contributed by atoms with Gasteiger partial charge in [-0.2, -0.15) is 4.31 Å². The van der Waals surface area contributed by atoms with Crippen LogP contribution in [0, 0.1) is 11.8 Å². The van der Waals surface area contributed by atoms with Crippen LogP contribution in [0.1, 0.15) is 32.6 Å². The lowest BCUT2D eigenvalue weighted by Gasteiger charge is -2.20. The summed E-state index contributed by atoms with van der Waals surface area (Å²) in [7, 11) is -3.03. The summed E-state index contributed by atoms with van der Waals surface area (Å²) in [5, 5.41) is 0. The molecule has 0 amide bonds. The van der Waals surface area contributed by atoms with Gasteiger partial charge in [-0.05, 0) is 38.1 Å². The molecule has 2 unspecified atom stereocenters. The predicted molar refractivity (Wildman–Crippen MR) is 64.5 cm³/mol. The Morgan fingerprint density at radius 3 is 2.50 bits per heavy atom. The third kappa shape index (κ3) is 2.76. The van der Waals surface area contributed by atoms with E-state index in [0.717, 1.165) is 12.8 Å². The van der Waals surface area contributed by atoms with Crippen LogP contribution in [0.5, 0.6) is 0 Å². The summed E-state index contributed by atoms with van der Waals surface area (Å²) in [4.78, 5) is 0. The fourth-order valence-corrected chi connectivity index (χ4v) is 4.44. The van der Waals surface area contributed by atoms with Gasteiger partial charge in [-0.3, -0.25) is 0 Å². The molecule has 2 fully saturated rings. The summed E-state index contributed by atoms with van der Waals surface area (Å²) in [6.07, 6.45) is 4.20. The van der Waals surface area contributed by atoms with Gasteiger partial charge in [0.25, 0.3) is 0 Å². The van der Waals surface area contributed by atoms with Crippen LogP contribution >= 0.6 is 0 Å². The van der Waals surface area contributed by atoms with E-state index in [1.165, 1.54) is 12.8 Å². The van der Waals surface area contributed by atoms with Crippen molar-refractivity contribution in [2.24, 2.45) is 17.6 Å². The Morgan fingerprint density at radius 1 is 1.31 bits per heavy atom. The molecule has 1 saturated carbocycles. The van der Waals surface area contributed by atoms with Crippen molar-refractivity contribution in [3.05, 3.63) is 0 Å². The minimum absolute atomic E-state index is 0.137. The maximum atomic E-state index is 12.1. The van der Waals surface area contributed by atoms with Gasteiger partial charge in [-0.1, -0.05) is 12.8 Å². The van der Waals surface area contributed by atoms with Crippen molar-refractivity contribution in [1.29, 1.82) is 0 Å². The SMILES string of the molecule is CC1CC(CN)CN1S(=O)(=O)CCC1CC1. The standard InChI is InChI=1S/C11H22N2O2S/c1-9-6-11(7-12)8-13(9)16(14,15)5-4-10-2-3-10/h9-11H,2-8,12H2,1H3. The zero-order chi connectivity index (χ0) is 11.8. The molecule has 1 saturated heterocycles. The normalized spacial score (nSPS) is 32.1. The lowest BCUT2D eigenvalue weighted by molar-refractivity contribution is 0.403. The molecule has 1 heterocycles. The molecule has 2 atom stereocenters. The molecule has 2 rings (SSSR count). The summed E-state index contributed by atoms with van der Waals surface area (Å²) in [5.74, 6) is 1.36. The molecular formula is C11H22N2O2S. The van der Waals surface area contributed by atoms with Crippen molar-refractivity contribution >= 4 is 10.0 Å². The largest absolute Gasteiger partial charge is 0.330 e. The molecule has 1 aliphatic heterocycles. The van der Waals surface area contributed by atoms with E-state index in [2.05, 4.69) is 0 Å². The van der Waals surface area contributed by atoms with Crippen molar-refractivity contribution in [3.8, 4) is 0 Å². The lowest BCUT2D eigenvalue weighted by atomic mass is 10.1. The van der Waals surface area contributed by atoms with Crippen LogP contribution in [-0.4, -0.2) is 37.6 Å². The highest BCUT2D eigenvalue weighted by atomic mass is 32.2. The average Bonchev–Trinajstić information content (AvgIpc) is 2.98. The first kappa shape index (κ1) is 12.3. The molecule has 16 heavy (non-hydrogen) atoms. The number of hydrogen-bond donors (Lipinski definition) is 1. The van der Waals surface area contributed by atoms with Crippen LogP contribution in [0.2, 0.25) is 0 Å². The van der Waals surface area contributed by atoms with Gasteiger partial charge in [-0.25, -0.2) is 8.42 Å². The molecule has 0 aromatic heterocycles. The minimum Gasteiger partial charge on any atom is -0.330 e. The minimum atomic E-state index is -3.03. The second-order valence-electron chi connectivity index (χ2n) is 5.30. The smallest absolute Gasteiger partial charge is 0.214 e. The fraction of sp³-hybridized carbons (Fsp3) is 1.00. The topological polar surface area (TPSA) is 63.4 Å². The van der Waals surface area contributed by atoms with Crippen molar-refractivity contribution < 1.29 is 8.42 Å². The molecule has 1 aliphatic carbocycles. The van der Waals surface area contributed by atoms with E-state index in [4.69, 9.17) is 5.73 Å². The van der Waals surface area contributed by atoms with Crippen LogP contribution in [0.3, 0.4) is 0 Å². The molecule has 0 aromatic carbocycles. The Kier molecular flexibility index (Phi) is 3.56. The first-order valence-electron chi connectivity index (χ1n) is 6.22. The summed E-state index contributed by atoms with van der Waals surface area (Å²) in [5.41, 5.74) is 5.61. The van der Waals surface area contributed by atoms with Crippen molar-refractivity contribution in [2.75, 3.05) is 18.8 Å². The van der Waals surface area contributed by atoms with E-state index in [0.29, 0.717) is 30.7 Å². The Balaban J connectivity index is 1.93.